The molecule has 1 aromatic heterocycles. The standard InChI is InChI=1S/C23H22FN3O4/c1-14-20(9-10-28)23(31)27(22(25-14)17-6-3-7-18(24)11-17)13-21(30)26-19-8-4-5-16(12-19)15(2)29/h3-8,11-12,28H,9-10,13H2,1-2H3,(H,26,30). The second-order valence-corrected chi connectivity index (χ2v) is 7.06. The predicted octanol–water partition coefficient (Wildman–Crippen LogP) is 2.73. The Hall–Kier alpha value is -3.65. The maximum Gasteiger partial charge on any atom is 0.257 e. The van der Waals surface area contributed by atoms with Crippen LogP contribution in [-0.4, -0.2) is 33.0 Å². The number of anilines is 1. The van der Waals surface area contributed by atoms with Crippen LogP contribution in [0, 0.1) is 12.7 Å². The number of hydrogen-bond donors (Lipinski definition) is 2. The van der Waals surface area contributed by atoms with Crippen LogP contribution in [0.5, 0.6) is 0 Å². The number of aliphatic hydroxyl groups is 1. The average Bonchev–Trinajstić information content (AvgIpc) is 2.73. The van der Waals surface area contributed by atoms with Gasteiger partial charge in [0.15, 0.2) is 5.78 Å². The number of aryl methyl sites for hydroxylation is 1. The molecule has 0 spiro atoms. The van der Waals surface area contributed by atoms with Crippen LogP contribution in [0.4, 0.5) is 10.1 Å². The number of carbonyl (C=O) groups excluding carboxylic acids is 2. The zero-order valence-electron chi connectivity index (χ0n) is 17.2. The Morgan fingerprint density at radius 1 is 1.16 bits per heavy atom. The van der Waals surface area contributed by atoms with E-state index in [1.165, 1.54) is 25.1 Å². The largest absolute Gasteiger partial charge is 0.396 e. The van der Waals surface area contributed by atoms with Gasteiger partial charge in [-0.1, -0.05) is 24.3 Å². The number of halogens is 1. The molecule has 0 saturated carbocycles. The van der Waals surface area contributed by atoms with Crippen molar-refractivity contribution in [2.24, 2.45) is 0 Å². The molecular formula is C23H22FN3O4. The first kappa shape index (κ1) is 22.0. The fourth-order valence-corrected chi connectivity index (χ4v) is 3.25. The first-order chi connectivity index (χ1) is 14.8. The van der Waals surface area contributed by atoms with E-state index in [4.69, 9.17) is 0 Å². The smallest absolute Gasteiger partial charge is 0.257 e. The van der Waals surface area contributed by atoms with Gasteiger partial charge in [0, 0.05) is 41.1 Å². The van der Waals surface area contributed by atoms with Crippen molar-refractivity contribution in [2.45, 2.75) is 26.8 Å². The van der Waals surface area contributed by atoms with Crippen LogP contribution in [0.1, 0.15) is 28.5 Å². The van der Waals surface area contributed by atoms with Crippen molar-refractivity contribution in [1.29, 1.82) is 0 Å². The van der Waals surface area contributed by atoms with Crippen molar-refractivity contribution in [2.75, 3.05) is 11.9 Å². The summed E-state index contributed by atoms with van der Waals surface area (Å²) in [6.45, 7) is 2.43. The summed E-state index contributed by atoms with van der Waals surface area (Å²) in [4.78, 5) is 41.8. The number of carbonyl (C=O) groups is 2. The molecule has 31 heavy (non-hydrogen) atoms. The van der Waals surface area contributed by atoms with Gasteiger partial charge in [0.25, 0.3) is 5.56 Å². The summed E-state index contributed by atoms with van der Waals surface area (Å²) in [5.41, 5.74) is 1.42. The van der Waals surface area contributed by atoms with Crippen LogP contribution >= 0.6 is 0 Å². The molecule has 2 N–H and O–H groups in total. The lowest BCUT2D eigenvalue weighted by atomic mass is 10.1. The molecule has 1 amide bonds. The van der Waals surface area contributed by atoms with Crippen molar-refractivity contribution in [1.82, 2.24) is 9.55 Å². The van der Waals surface area contributed by atoms with Crippen molar-refractivity contribution in [3.63, 3.8) is 0 Å². The Morgan fingerprint density at radius 2 is 1.90 bits per heavy atom. The number of Topliss-reactive ketones (excluding diaryl/α,β-unsaturated/α-hetero) is 1. The highest BCUT2D eigenvalue weighted by molar-refractivity contribution is 5.97. The number of aliphatic hydroxyl groups excluding tert-OH is 1. The van der Waals surface area contributed by atoms with Gasteiger partial charge in [0.1, 0.15) is 18.2 Å². The van der Waals surface area contributed by atoms with Gasteiger partial charge in [0.05, 0.1) is 0 Å². The zero-order chi connectivity index (χ0) is 22.5. The molecule has 160 valence electrons. The molecule has 3 aromatic rings. The Kier molecular flexibility index (Phi) is 6.71. The third-order valence-electron chi connectivity index (χ3n) is 4.77. The van der Waals surface area contributed by atoms with Gasteiger partial charge in [-0.2, -0.15) is 0 Å². The minimum Gasteiger partial charge on any atom is -0.396 e. The molecule has 0 fully saturated rings. The normalized spacial score (nSPS) is 10.7. The van der Waals surface area contributed by atoms with E-state index in [1.54, 1.807) is 37.3 Å². The number of hydrogen-bond acceptors (Lipinski definition) is 5. The van der Waals surface area contributed by atoms with Crippen LogP contribution < -0.4 is 10.9 Å². The highest BCUT2D eigenvalue weighted by Gasteiger charge is 2.18. The van der Waals surface area contributed by atoms with Crippen LogP contribution in [0.2, 0.25) is 0 Å². The second-order valence-electron chi connectivity index (χ2n) is 7.06. The number of amides is 1. The summed E-state index contributed by atoms with van der Waals surface area (Å²) in [7, 11) is 0. The lowest BCUT2D eigenvalue weighted by Crippen LogP contribution is -2.33. The third kappa shape index (κ3) is 5.10. The van der Waals surface area contributed by atoms with E-state index in [9.17, 15) is 23.9 Å². The first-order valence-electron chi connectivity index (χ1n) is 9.68. The van der Waals surface area contributed by atoms with E-state index in [2.05, 4.69) is 10.3 Å². The monoisotopic (exact) mass is 423 g/mol. The van der Waals surface area contributed by atoms with Crippen molar-refractivity contribution in [3.8, 4) is 11.4 Å². The minimum atomic E-state index is -0.513. The fraction of sp³-hybridized carbons (Fsp3) is 0.217. The molecular weight excluding hydrogens is 401 g/mol. The number of aromatic nitrogens is 2. The van der Waals surface area contributed by atoms with E-state index in [1.807, 2.05) is 0 Å². The average molecular weight is 423 g/mol. The number of nitrogens with zero attached hydrogens (tertiary/aromatic N) is 2. The van der Waals surface area contributed by atoms with Gasteiger partial charge in [-0.3, -0.25) is 19.0 Å². The van der Waals surface area contributed by atoms with E-state index in [-0.39, 0.29) is 36.7 Å². The summed E-state index contributed by atoms with van der Waals surface area (Å²) in [6, 6.07) is 12.0. The van der Waals surface area contributed by atoms with E-state index in [0.717, 1.165) is 4.57 Å². The molecule has 0 aliphatic heterocycles. The van der Waals surface area contributed by atoms with Gasteiger partial charge in [0.2, 0.25) is 5.91 Å². The third-order valence-corrected chi connectivity index (χ3v) is 4.77. The molecule has 0 unspecified atom stereocenters. The van der Waals surface area contributed by atoms with Crippen LogP contribution in [0.3, 0.4) is 0 Å². The number of ketones is 1. The van der Waals surface area contributed by atoms with Gasteiger partial charge < -0.3 is 10.4 Å². The van der Waals surface area contributed by atoms with Crippen molar-refractivity contribution >= 4 is 17.4 Å². The van der Waals surface area contributed by atoms with Crippen LogP contribution in [0.15, 0.2) is 53.3 Å². The lowest BCUT2D eigenvalue weighted by Gasteiger charge is -2.16. The van der Waals surface area contributed by atoms with Crippen molar-refractivity contribution < 1.29 is 19.1 Å². The molecule has 0 atom stereocenters. The topological polar surface area (TPSA) is 101 Å². The Morgan fingerprint density at radius 3 is 2.58 bits per heavy atom. The molecule has 0 saturated heterocycles. The summed E-state index contributed by atoms with van der Waals surface area (Å²) < 4.78 is 14.9. The molecule has 7 nitrogen and oxygen atoms in total. The quantitative estimate of drug-likeness (QED) is 0.569. The van der Waals surface area contributed by atoms with Gasteiger partial charge in [-0.25, -0.2) is 9.37 Å². The van der Waals surface area contributed by atoms with Gasteiger partial charge in [-0.05, 0) is 38.1 Å². The van der Waals surface area contributed by atoms with Crippen LogP contribution in [-0.2, 0) is 17.8 Å². The first-order valence-corrected chi connectivity index (χ1v) is 9.68. The summed E-state index contributed by atoms with van der Waals surface area (Å²) in [6.07, 6.45) is 0.0867. The maximum atomic E-state index is 13.8. The number of benzene rings is 2. The summed E-state index contributed by atoms with van der Waals surface area (Å²) in [5.74, 6) is -1.00. The molecule has 3 rings (SSSR count). The van der Waals surface area contributed by atoms with Gasteiger partial charge in [-0.15, -0.1) is 0 Å². The molecule has 1 heterocycles. The SMILES string of the molecule is CC(=O)c1cccc(NC(=O)Cn2c(-c3cccc(F)c3)nc(C)c(CCO)c2=O)c1. The molecule has 0 radical (unpaired) electrons. The number of rotatable bonds is 7. The zero-order valence-corrected chi connectivity index (χ0v) is 17.2. The highest BCUT2D eigenvalue weighted by Crippen LogP contribution is 2.19. The van der Waals surface area contributed by atoms with Crippen molar-refractivity contribution in [3.05, 3.63) is 81.5 Å². The van der Waals surface area contributed by atoms with E-state index >= 15 is 0 Å². The van der Waals surface area contributed by atoms with Gasteiger partial charge >= 0.3 is 0 Å². The Bertz CT molecular complexity index is 1200. The Labute approximate surface area is 178 Å². The maximum absolute atomic E-state index is 13.8. The fourth-order valence-electron chi connectivity index (χ4n) is 3.25. The molecule has 0 aliphatic carbocycles. The predicted molar refractivity (Wildman–Crippen MR) is 114 cm³/mol. The van der Waals surface area contributed by atoms with Crippen LogP contribution in [0.25, 0.3) is 11.4 Å². The summed E-state index contributed by atoms with van der Waals surface area (Å²) >= 11 is 0. The Balaban J connectivity index is 2.01. The number of nitrogens with one attached hydrogen (secondary N) is 1. The summed E-state index contributed by atoms with van der Waals surface area (Å²) in [5, 5.41) is 12.0. The molecule has 0 bridgehead atoms. The molecule has 2 aromatic carbocycles. The molecule has 8 heteroatoms. The lowest BCUT2D eigenvalue weighted by molar-refractivity contribution is -0.116. The second kappa shape index (κ2) is 9.44. The molecule has 0 aliphatic rings. The van der Waals surface area contributed by atoms with E-state index < -0.39 is 17.3 Å². The van der Waals surface area contributed by atoms with E-state index in [0.29, 0.717) is 22.5 Å². The highest BCUT2D eigenvalue weighted by atomic mass is 19.1. The minimum absolute atomic E-state index is 0.0867.